The third-order valence-corrected chi connectivity index (χ3v) is 5.21. The van der Waals surface area contributed by atoms with Gasteiger partial charge >= 0.3 is 0 Å². The minimum atomic E-state index is -0.256. The molecule has 2 aromatic carbocycles. The summed E-state index contributed by atoms with van der Waals surface area (Å²) in [5, 5.41) is 7.46. The van der Waals surface area contributed by atoms with E-state index in [1.165, 1.54) is 5.56 Å². The normalized spacial score (nSPS) is 11.9. The predicted molar refractivity (Wildman–Crippen MR) is 119 cm³/mol. The third-order valence-electron chi connectivity index (χ3n) is 5.21. The molecule has 6 heteroatoms. The average molecular weight is 399 g/mol. The summed E-state index contributed by atoms with van der Waals surface area (Å²) < 4.78 is 7.53. The maximum atomic E-state index is 5.58. The van der Waals surface area contributed by atoms with Crippen LogP contribution in [-0.4, -0.2) is 31.8 Å². The fourth-order valence-electron chi connectivity index (χ4n) is 3.36. The van der Waals surface area contributed by atoms with Crippen LogP contribution in [-0.2, 0) is 5.41 Å². The second-order valence-corrected chi connectivity index (χ2v) is 7.72. The Balaban J connectivity index is 1.56. The SMILES string of the molecule is COc1cc(C=Cc2n[nH]c(C(C)(C)c3ccccc3)n2)ccc1-n1cnc(C)c1. The Morgan fingerprint density at radius 2 is 1.87 bits per heavy atom. The molecular weight excluding hydrogens is 374 g/mol. The fourth-order valence-corrected chi connectivity index (χ4v) is 3.36. The van der Waals surface area contributed by atoms with Crippen LogP contribution >= 0.6 is 0 Å². The van der Waals surface area contributed by atoms with Gasteiger partial charge in [0, 0.05) is 11.6 Å². The van der Waals surface area contributed by atoms with E-state index in [4.69, 9.17) is 4.74 Å². The Bertz CT molecular complexity index is 1170. The van der Waals surface area contributed by atoms with Crippen molar-refractivity contribution in [3.63, 3.8) is 0 Å². The van der Waals surface area contributed by atoms with Crippen LogP contribution in [0.25, 0.3) is 17.8 Å². The van der Waals surface area contributed by atoms with Crippen molar-refractivity contribution in [2.45, 2.75) is 26.2 Å². The molecule has 4 aromatic rings. The number of H-pyrrole nitrogens is 1. The molecule has 0 saturated carbocycles. The molecule has 2 aromatic heterocycles. The summed E-state index contributed by atoms with van der Waals surface area (Å²) >= 11 is 0. The molecule has 2 heterocycles. The van der Waals surface area contributed by atoms with Gasteiger partial charge in [-0.1, -0.05) is 42.5 Å². The molecule has 0 saturated heterocycles. The van der Waals surface area contributed by atoms with Gasteiger partial charge in [-0.15, -0.1) is 0 Å². The van der Waals surface area contributed by atoms with E-state index in [1.54, 1.807) is 13.4 Å². The van der Waals surface area contributed by atoms with Crippen LogP contribution in [0.4, 0.5) is 0 Å². The van der Waals surface area contributed by atoms with E-state index in [2.05, 4.69) is 46.1 Å². The van der Waals surface area contributed by atoms with Crippen molar-refractivity contribution in [1.29, 1.82) is 0 Å². The number of ether oxygens (including phenoxy) is 1. The summed E-state index contributed by atoms with van der Waals surface area (Å²) in [6, 6.07) is 16.3. The van der Waals surface area contributed by atoms with Crippen molar-refractivity contribution in [1.82, 2.24) is 24.7 Å². The number of aromatic nitrogens is 5. The standard InChI is InChI=1S/C24H25N5O/c1-17-15-29(16-25-17)20-12-10-18(14-21(20)30-4)11-13-22-26-23(28-27-22)24(2,3)19-8-6-5-7-9-19/h5-16H,1-4H3,(H,26,27,28). The summed E-state index contributed by atoms with van der Waals surface area (Å²) in [7, 11) is 1.67. The van der Waals surface area contributed by atoms with Crippen LogP contribution in [0.15, 0.2) is 61.1 Å². The minimum absolute atomic E-state index is 0.256. The highest BCUT2D eigenvalue weighted by Gasteiger charge is 2.26. The number of methoxy groups -OCH3 is 1. The highest BCUT2D eigenvalue weighted by atomic mass is 16.5. The molecule has 30 heavy (non-hydrogen) atoms. The van der Waals surface area contributed by atoms with E-state index in [0.29, 0.717) is 5.82 Å². The Labute approximate surface area is 176 Å². The molecule has 0 radical (unpaired) electrons. The van der Waals surface area contributed by atoms with Crippen molar-refractivity contribution in [3.05, 3.63) is 89.5 Å². The van der Waals surface area contributed by atoms with Crippen molar-refractivity contribution in [2.75, 3.05) is 7.11 Å². The maximum Gasteiger partial charge on any atom is 0.173 e. The molecule has 0 bridgehead atoms. The molecule has 0 amide bonds. The molecule has 6 nitrogen and oxygen atoms in total. The molecular formula is C24H25N5O. The lowest BCUT2D eigenvalue weighted by Crippen LogP contribution is -2.20. The van der Waals surface area contributed by atoms with Crippen LogP contribution in [0.3, 0.4) is 0 Å². The van der Waals surface area contributed by atoms with Gasteiger partial charge in [-0.2, -0.15) is 5.10 Å². The molecule has 0 fully saturated rings. The number of hydrogen-bond acceptors (Lipinski definition) is 4. The lowest BCUT2D eigenvalue weighted by Gasteiger charge is -2.21. The van der Waals surface area contributed by atoms with Gasteiger partial charge in [-0.3, -0.25) is 5.10 Å². The van der Waals surface area contributed by atoms with Crippen LogP contribution in [0, 0.1) is 6.92 Å². The summed E-state index contributed by atoms with van der Waals surface area (Å²) in [5.41, 5.74) is 3.83. The first kappa shape index (κ1) is 19.6. The minimum Gasteiger partial charge on any atom is -0.495 e. The molecule has 1 N–H and O–H groups in total. The fraction of sp³-hybridized carbons (Fsp3) is 0.208. The first-order valence-electron chi connectivity index (χ1n) is 9.83. The van der Waals surface area contributed by atoms with Gasteiger partial charge in [-0.25, -0.2) is 9.97 Å². The van der Waals surface area contributed by atoms with Gasteiger partial charge < -0.3 is 9.30 Å². The van der Waals surface area contributed by atoms with Gasteiger partial charge in [-0.05, 0) is 50.1 Å². The van der Waals surface area contributed by atoms with E-state index in [-0.39, 0.29) is 5.41 Å². The summed E-state index contributed by atoms with van der Waals surface area (Å²) in [4.78, 5) is 8.97. The van der Waals surface area contributed by atoms with Gasteiger partial charge in [0.05, 0.1) is 24.8 Å². The van der Waals surface area contributed by atoms with E-state index in [0.717, 1.165) is 28.5 Å². The maximum absolute atomic E-state index is 5.58. The van der Waals surface area contributed by atoms with E-state index >= 15 is 0 Å². The predicted octanol–water partition coefficient (Wildman–Crippen LogP) is 4.80. The van der Waals surface area contributed by atoms with Crippen molar-refractivity contribution >= 4 is 12.2 Å². The monoisotopic (exact) mass is 399 g/mol. The Hall–Kier alpha value is -3.67. The van der Waals surface area contributed by atoms with Gasteiger partial charge in [0.15, 0.2) is 5.82 Å². The third kappa shape index (κ3) is 3.89. The summed E-state index contributed by atoms with van der Waals surface area (Å²) in [6.45, 7) is 6.24. The first-order valence-corrected chi connectivity index (χ1v) is 9.83. The zero-order chi connectivity index (χ0) is 21.1. The number of hydrogen-bond donors (Lipinski definition) is 1. The molecule has 0 spiro atoms. The van der Waals surface area contributed by atoms with Crippen LogP contribution < -0.4 is 4.74 Å². The van der Waals surface area contributed by atoms with Crippen molar-refractivity contribution in [3.8, 4) is 11.4 Å². The number of nitrogens with one attached hydrogen (secondary N) is 1. The van der Waals surface area contributed by atoms with E-state index in [1.807, 2.05) is 66.2 Å². The lowest BCUT2D eigenvalue weighted by atomic mass is 9.84. The average Bonchev–Trinajstić information content (AvgIpc) is 3.42. The second kappa shape index (κ2) is 7.99. The van der Waals surface area contributed by atoms with Gasteiger partial charge in [0.25, 0.3) is 0 Å². The number of aromatic amines is 1. The van der Waals surface area contributed by atoms with Crippen LogP contribution in [0.5, 0.6) is 5.75 Å². The molecule has 0 aliphatic rings. The molecule has 0 aliphatic heterocycles. The lowest BCUT2D eigenvalue weighted by molar-refractivity contribution is 0.413. The number of aryl methyl sites for hydroxylation is 1. The van der Waals surface area contributed by atoms with E-state index < -0.39 is 0 Å². The van der Waals surface area contributed by atoms with E-state index in [9.17, 15) is 0 Å². The molecule has 0 aliphatic carbocycles. The highest BCUT2D eigenvalue weighted by Crippen LogP contribution is 2.29. The van der Waals surface area contributed by atoms with Crippen LogP contribution in [0.2, 0.25) is 0 Å². The Kier molecular flexibility index (Phi) is 5.23. The summed E-state index contributed by atoms with van der Waals surface area (Å²) in [6.07, 6.45) is 7.63. The summed E-state index contributed by atoms with van der Waals surface area (Å²) in [5.74, 6) is 2.24. The van der Waals surface area contributed by atoms with Gasteiger partial charge in [0.2, 0.25) is 0 Å². The van der Waals surface area contributed by atoms with Gasteiger partial charge in [0.1, 0.15) is 11.6 Å². The van der Waals surface area contributed by atoms with Crippen LogP contribution in [0.1, 0.15) is 42.3 Å². The largest absolute Gasteiger partial charge is 0.495 e. The topological polar surface area (TPSA) is 68.6 Å². The zero-order valence-electron chi connectivity index (χ0n) is 17.6. The smallest absolute Gasteiger partial charge is 0.173 e. The quantitative estimate of drug-likeness (QED) is 0.505. The zero-order valence-corrected chi connectivity index (χ0v) is 17.6. The van der Waals surface area contributed by atoms with Crippen molar-refractivity contribution in [2.24, 2.45) is 0 Å². The highest BCUT2D eigenvalue weighted by molar-refractivity contribution is 5.69. The Morgan fingerprint density at radius 1 is 1.07 bits per heavy atom. The first-order chi connectivity index (χ1) is 14.5. The molecule has 0 atom stereocenters. The molecule has 152 valence electrons. The number of benzene rings is 2. The number of rotatable bonds is 6. The molecule has 0 unspecified atom stereocenters. The van der Waals surface area contributed by atoms with Crippen molar-refractivity contribution < 1.29 is 4.74 Å². The number of nitrogens with zero attached hydrogens (tertiary/aromatic N) is 4. The Morgan fingerprint density at radius 3 is 2.57 bits per heavy atom. The number of imidazole rings is 1. The molecule has 4 rings (SSSR count). The second-order valence-electron chi connectivity index (χ2n) is 7.72.